The van der Waals surface area contributed by atoms with Gasteiger partial charge in [-0.15, -0.1) is 0 Å². The lowest BCUT2D eigenvalue weighted by Crippen LogP contribution is -2.46. The van der Waals surface area contributed by atoms with Gasteiger partial charge < -0.3 is 20.9 Å². The Morgan fingerprint density at radius 3 is 2.88 bits per heavy atom. The molecule has 2 rings (SSSR count). The van der Waals surface area contributed by atoms with Gasteiger partial charge in [0.05, 0.1) is 0 Å². The summed E-state index contributed by atoms with van der Waals surface area (Å²) in [6.07, 6.45) is 2.44. The van der Waals surface area contributed by atoms with E-state index in [9.17, 15) is 9.18 Å². The summed E-state index contributed by atoms with van der Waals surface area (Å²) in [5.74, 6) is 0.527. The SMILES string of the molecule is CCNC(=NCC(=O)NC(C)(C)C)NC1CCN(c2ncccc2F)C1. The van der Waals surface area contributed by atoms with Crippen LogP contribution in [0.15, 0.2) is 23.3 Å². The zero-order chi connectivity index (χ0) is 19.2. The zero-order valence-corrected chi connectivity index (χ0v) is 16.0. The van der Waals surface area contributed by atoms with Gasteiger partial charge in [-0.3, -0.25) is 4.79 Å². The molecule has 26 heavy (non-hydrogen) atoms. The van der Waals surface area contributed by atoms with Crippen LogP contribution >= 0.6 is 0 Å². The molecule has 1 aliphatic heterocycles. The molecule has 8 heteroatoms. The molecule has 0 spiro atoms. The van der Waals surface area contributed by atoms with E-state index in [2.05, 4.69) is 25.9 Å². The van der Waals surface area contributed by atoms with Gasteiger partial charge in [0.2, 0.25) is 5.91 Å². The Morgan fingerprint density at radius 2 is 2.23 bits per heavy atom. The molecule has 0 aromatic carbocycles. The van der Waals surface area contributed by atoms with Gasteiger partial charge in [-0.05, 0) is 46.2 Å². The lowest BCUT2D eigenvalue weighted by Gasteiger charge is -2.21. The predicted octanol–water partition coefficient (Wildman–Crippen LogP) is 1.27. The highest BCUT2D eigenvalue weighted by molar-refractivity contribution is 5.85. The summed E-state index contributed by atoms with van der Waals surface area (Å²) < 4.78 is 13.9. The molecule has 1 aliphatic rings. The van der Waals surface area contributed by atoms with Crippen LogP contribution < -0.4 is 20.9 Å². The van der Waals surface area contributed by atoms with E-state index >= 15 is 0 Å². The first-order valence-corrected chi connectivity index (χ1v) is 9.00. The standard InChI is InChI=1S/C18H29FN6O/c1-5-20-17(22-11-15(26)24-18(2,3)4)23-13-8-10-25(12-13)16-14(19)7-6-9-21-16/h6-7,9,13H,5,8,10-12H2,1-4H3,(H,24,26)(H2,20,22,23). The summed E-state index contributed by atoms with van der Waals surface area (Å²) in [6.45, 7) is 9.86. The van der Waals surface area contributed by atoms with Crippen LogP contribution in [0, 0.1) is 5.82 Å². The van der Waals surface area contributed by atoms with Crippen LogP contribution in [0.5, 0.6) is 0 Å². The van der Waals surface area contributed by atoms with Crippen LogP contribution in [-0.2, 0) is 4.79 Å². The Hall–Kier alpha value is -2.38. The maximum absolute atomic E-state index is 13.9. The van der Waals surface area contributed by atoms with Crippen LogP contribution in [-0.4, -0.2) is 54.6 Å². The highest BCUT2D eigenvalue weighted by Crippen LogP contribution is 2.20. The normalized spacial score (nSPS) is 18.0. The van der Waals surface area contributed by atoms with Crippen LogP contribution in [0.25, 0.3) is 0 Å². The number of nitrogens with one attached hydrogen (secondary N) is 3. The lowest BCUT2D eigenvalue weighted by atomic mass is 10.1. The van der Waals surface area contributed by atoms with Crippen molar-refractivity contribution in [3.05, 3.63) is 24.1 Å². The number of guanidine groups is 1. The summed E-state index contributed by atoms with van der Waals surface area (Å²) in [7, 11) is 0. The quantitative estimate of drug-likeness (QED) is 0.541. The molecule has 1 saturated heterocycles. The average Bonchev–Trinajstić information content (AvgIpc) is 3.00. The fraction of sp³-hybridized carbons (Fsp3) is 0.611. The summed E-state index contributed by atoms with van der Waals surface area (Å²) in [5, 5.41) is 9.35. The van der Waals surface area contributed by atoms with Gasteiger partial charge in [0, 0.05) is 37.4 Å². The van der Waals surface area contributed by atoms with Gasteiger partial charge in [0.25, 0.3) is 0 Å². The van der Waals surface area contributed by atoms with Gasteiger partial charge in [-0.25, -0.2) is 14.4 Å². The van der Waals surface area contributed by atoms with E-state index in [4.69, 9.17) is 0 Å². The highest BCUT2D eigenvalue weighted by Gasteiger charge is 2.26. The van der Waals surface area contributed by atoms with Crippen LogP contribution in [0.4, 0.5) is 10.2 Å². The number of pyridine rings is 1. The van der Waals surface area contributed by atoms with E-state index in [0.29, 0.717) is 24.9 Å². The lowest BCUT2D eigenvalue weighted by molar-refractivity contribution is -0.121. The Kier molecular flexibility index (Phi) is 6.76. The van der Waals surface area contributed by atoms with Crippen molar-refractivity contribution in [2.75, 3.05) is 31.1 Å². The number of nitrogens with zero attached hydrogens (tertiary/aromatic N) is 3. The number of aromatic nitrogens is 1. The first-order valence-electron chi connectivity index (χ1n) is 9.00. The number of halogens is 1. The second kappa shape index (κ2) is 8.82. The molecule has 0 bridgehead atoms. The van der Waals surface area contributed by atoms with E-state index in [0.717, 1.165) is 13.0 Å². The number of amides is 1. The molecule has 144 valence electrons. The molecule has 1 aromatic heterocycles. The van der Waals surface area contributed by atoms with Gasteiger partial charge in [-0.1, -0.05) is 0 Å². The number of anilines is 1. The van der Waals surface area contributed by atoms with Crippen molar-refractivity contribution in [2.24, 2.45) is 4.99 Å². The van der Waals surface area contributed by atoms with Gasteiger partial charge >= 0.3 is 0 Å². The number of aliphatic imine (C=N–C) groups is 1. The topological polar surface area (TPSA) is 81.6 Å². The number of hydrogen-bond acceptors (Lipinski definition) is 4. The minimum Gasteiger partial charge on any atom is -0.357 e. The van der Waals surface area contributed by atoms with Crippen molar-refractivity contribution in [1.29, 1.82) is 0 Å². The van der Waals surface area contributed by atoms with Crippen molar-refractivity contribution in [3.63, 3.8) is 0 Å². The third-order valence-corrected chi connectivity index (χ3v) is 3.81. The Bertz CT molecular complexity index is 643. The summed E-state index contributed by atoms with van der Waals surface area (Å²) >= 11 is 0. The molecule has 0 aliphatic carbocycles. The Labute approximate surface area is 154 Å². The molecule has 1 fully saturated rings. The van der Waals surface area contributed by atoms with E-state index in [1.165, 1.54) is 6.07 Å². The van der Waals surface area contributed by atoms with E-state index in [1.54, 1.807) is 12.3 Å². The molecule has 0 radical (unpaired) electrons. The van der Waals surface area contributed by atoms with Gasteiger partial charge in [0.15, 0.2) is 17.6 Å². The number of rotatable bonds is 5. The summed E-state index contributed by atoms with van der Waals surface area (Å²) in [5.41, 5.74) is -0.281. The fourth-order valence-electron chi connectivity index (χ4n) is 2.80. The summed E-state index contributed by atoms with van der Waals surface area (Å²) in [4.78, 5) is 22.3. The van der Waals surface area contributed by atoms with Crippen molar-refractivity contribution in [3.8, 4) is 0 Å². The molecule has 2 heterocycles. The smallest absolute Gasteiger partial charge is 0.242 e. The number of hydrogen-bond donors (Lipinski definition) is 3. The van der Waals surface area contributed by atoms with Crippen LogP contribution in [0.3, 0.4) is 0 Å². The van der Waals surface area contributed by atoms with Crippen LogP contribution in [0.1, 0.15) is 34.1 Å². The van der Waals surface area contributed by atoms with Crippen molar-refractivity contribution >= 4 is 17.7 Å². The van der Waals surface area contributed by atoms with Crippen molar-refractivity contribution in [2.45, 2.75) is 45.7 Å². The molecule has 1 aromatic rings. The maximum atomic E-state index is 13.9. The monoisotopic (exact) mass is 364 g/mol. The zero-order valence-electron chi connectivity index (χ0n) is 16.0. The first kappa shape index (κ1) is 19.9. The molecule has 0 saturated carbocycles. The van der Waals surface area contributed by atoms with E-state index < -0.39 is 0 Å². The fourth-order valence-corrected chi connectivity index (χ4v) is 2.80. The number of carbonyl (C=O) groups is 1. The molecular formula is C18H29FN6O. The molecule has 1 unspecified atom stereocenters. The van der Waals surface area contributed by atoms with Crippen molar-refractivity contribution < 1.29 is 9.18 Å². The number of carbonyl (C=O) groups excluding carboxylic acids is 1. The predicted molar refractivity (Wildman–Crippen MR) is 102 cm³/mol. The first-order chi connectivity index (χ1) is 12.3. The largest absolute Gasteiger partial charge is 0.357 e. The molecular weight excluding hydrogens is 335 g/mol. The third-order valence-electron chi connectivity index (χ3n) is 3.81. The molecule has 1 atom stereocenters. The van der Waals surface area contributed by atoms with Crippen LogP contribution in [0.2, 0.25) is 0 Å². The van der Waals surface area contributed by atoms with Gasteiger partial charge in [0.1, 0.15) is 6.54 Å². The molecule has 7 nitrogen and oxygen atoms in total. The minimum absolute atomic E-state index is 0.0535. The Balaban J connectivity index is 1.92. The van der Waals surface area contributed by atoms with Gasteiger partial charge in [-0.2, -0.15) is 0 Å². The summed E-state index contributed by atoms with van der Waals surface area (Å²) in [6, 6.07) is 3.12. The van der Waals surface area contributed by atoms with Crippen molar-refractivity contribution in [1.82, 2.24) is 20.9 Å². The maximum Gasteiger partial charge on any atom is 0.242 e. The Morgan fingerprint density at radius 1 is 1.46 bits per heavy atom. The third kappa shape index (κ3) is 6.16. The second-order valence-corrected chi connectivity index (χ2v) is 7.38. The van der Waals surface area contributed by atoms with E-state index in [-0.39, 0.29) is 29.8 Å². The van der Waals surface area contributed by atoms with E-state index in [1.807, 2.05) is 32.6 Å². The second-order valence-electron chi connectivity index (χ2n) is 7.38. The average molecular weight is 364 g/mol. The highest BCUT2D eigenvalue weighted by atomic mass is 19.1. The molecule has 3 N–H and O–H groups in total. The molecule has 1 amide bonds. The minimum atomic E-state index is -0.312.